The SMILES string of the molecule is O=C(Oc1ccc(CCSc2ccccn2)cc1)N1CCN(CCc2ccccn2)CC1. The van der Waals surface area contributed by atoms with E-state index in [-0.39, 0.29) is 6.09 Å². The van der Waals surface area contributed by atoms with E-state index in [4.69, 9.17) is 4.74 Å². The summed E-state index contributed by atoms with van der Waals surface area (Å²) in [4.78, 5) is 25.4. The third-order valence-corrected chi connectivity index (χ3v) is 6.39. The van der Waals surface area contributed by atoms with Crippen LogP contribution in [0.2, 0.25) is 0 Å². The summed E-state index contributed by atoms with van der Waals surface area (Å²) < 4.78 is 5.59. The smallest absolute Gasteiger partial charge is 0.410 e. The van der Waals surface area contributed by atoms with Crippen molar-refractivity contribution < 1.29 is 9.53 Å². The van der Waals surface area contributed by atoms with E-state index in [1.807, 2.05) is 67.0 Å². The third kappa shape index (κ3) is 6.80. The fourth-order valence-corrected chi connectivity index (χ4v) is 4.43. The highest BCUT2D eigenvalue weighted by atomic mass is 32.2. The molecule has 1 saturated heterocycles. The average molecular weight is 449 g/mol. The number of nitrogens with zero attached hydrogens (tertiary/aromatic N) is 4. The molecule has 0 saturated carbocycles. The van der Waals surface area contributed by atoms with Gasteiger partial charge in [-0.15, -0.1) is 11.8 Å². The molecule has 1 aromatic carbocycles. The van der Waals surface area contributed by atoms with E-state index in [0.29, 0.717) is 18.8 Å². The number of benzene rings is 1. The molecule has 166 valence electrons. The summed E-state index contributed by atoms with van der Waals surface area (Å²) in [6.45, 7) is 4.04. The Morgan fingerprint density at radius 3 is 2.31 bits per heavy atom. The minimum atomic E-state index is -0.271. The van der Waals surface area contributed by atoms with Crippen molar-refractivity contribution >= 4 is 17.9 Å². The summed E-state index contributed by atoms with van der Waals surface area (Å²) in [5.74, 6) is 1.55. The second-order valence-corrected chi connectivity index (χ2v) is 8.79. The standard InChI is InChI=1S/C25H28N4O2S/c30-25(29-18-16-28(17-19-29)15-11-22-5-1-3-13-26-22)31-23-9-7-21(8-10-23)12-20-32-24-6-2-4-14-27-24/h1-10,13-14H,11-12,15-20H2. The topological polar surface area (TPSA) is 58.6 Å². The number of ether oxygens (including phenoxy) is 1. The van der Waals surface area contributed by atoms with Crippen LogP contribution in [0.25, 0.3) is 0 Å². The summed E-state index contributed by atoms with van der Waals surface area (Å²) in [6, 6.07) is 19.8. The van der Waals surface area contributed by atoms with Gasteiger partial charge in [0.05, 0.1) is 5.03 Å². The Hall–Kier alpha value is -2.90. The Morgan fingerprint density at radius 2 is 1.62 bits per heavy atom. The molecule has 0 atom stereocenters. The number of hydrogen-bond donors (Lipinski definition) is 0. The molecule has 2 aromatic heterocycles. The van der Waals surface area contributed by atoms with E-state index in [1.54, 1.807) is 16.7 Å². The van der Waals surface area contributed by atoms with Crippen LogP contribution in [-0.4, -0.2) is 64.3 Å². The van der Waals surface area contributed by atoms with Crippen molar-refractivity contribution in [1.29, 1.82) is 0 Å². The summed E-state index contributed by atoms with van der Waals surface area (Å²) in [7, 11) is 0. The van der Waals surface area contributed by atoms with Crippen molar-refractivity contribution in [2.24, 2.45) is 0 Å². The summed E-state index contributed by atoms with van der Waals surface area (Å²) in [5.41, 5.74) is 2.32. The molecule has 0 bridgehead atoms. The molecule has 32 heavy (non-hydrogen) atoms. The minimum Gasteiger partial charge on any atom is -0.410 e. The van der Waals surface area contributed by atoms with Crippen LogP contribution in [0.4, 0.5) is 4.79 Å². The van der Waals surface area contributed by atoms with E-state index in [2.05, 4.69) is 20.9 Å². The maximum atomic E-state index is 12.5. The predicted molar refractivity (Wildman–Crippen MR) is 127 cm³/mol. The number of pyridine rings is 2. The summed E-state index contributed by atoms with van der Waals surface area (Å²) in [6.07, 6.45) is 5.24. The molecule has 1 aliphatic rings. The molecule has 1 aliphatic heterocycles. The van der Waals surface area contributed by atoms with Crippen molar-refractivity contribution in [3.8, 4) is 5.75 Å². The maximum Gasteiger partial charge on any atom is 0.415 e. The van der Waals surface area contributed by atoms with Gasteiger partial charge in [0.15, 0.2) is 0 Å². The Bertz CT molecular complexity index is 962. The quantitative estimate of drug-likeness (QED) is 0.482. The number of rotatable bonds is 8. The maximum absolute atomic E-state index is 12.5. The molecule has 0 unspecified atom stereocenters. The van der Waals surface area contributed by atoms with Crippen LogP contribution in [0, 0.1) is 0 Å². The van der Waals surface area contributed by atoms with Crippen molar-refractivity contribution in [3.63, 3.8) is 0 Å². The number of piperazine rings is 1. The number of thioether (sulfide) groups is 1. The minimum absolute atomic E-state index is 0.271. The molecule has 0 aliphatic carbocycles. The van der Waals surface area contributed by atoms with Crippen molar-refractivity contribution in [2.45, 2.75) is 17.9 Å². The first-order valence-electron chi connectivity index (χ1n) is 11.0. The normalized spacial score (nSPS) is 14.3. The van der Waals surface area contributed by atoms with Crippen molar-refractivity contribution in [1.82, 2.24) is 19.8 Å². The highest BCUT2D eigenvalue weighted by molar-refractivity contribution is 7.99. The van der Waals surface area contributed by atoms with Gasteiger partial charge in [-0.1, -0.05) is 24.3 Å². The first kappa shape index (κ1) is 22.3. The molecule has 4 rings (SSSR count). The lowest BCUT2D eigenvalue weighted by Gasteiger charge is -2.33. The molecular weight excluding hydrogens is 420 g/mol. The number of aromatic nitrogens is 2. The zero-order valence-corrected chi connectivity index (χ0v) is 18.9. The lowest BCUT2D eigenvalue weighted by Crippen LogP contribution is -2.49. The van der Waals surface area contributed by atoms with E-state index in [1.165, 1.54) is 5.56 Å². The van der Waals surface area contributed by atoms with E-state index < -0.39 is 0 Å². The van der Waals surface area contributed by atoms with Gasteiger partial charge >= 0.3 is 6.09 Å². The van der Waals surface area contributed by atoms with Gasteiger partial charge in [0.2, 0.25) is 0 Å². The number of carbonyl (C=O) groups is 1. The van der Waals surface area contributed by atoms with Crippen LogP contribution in [0.3, 0.4) is 0 Å². The van der Waals surface area contributed by atoms with Crippen molar-refractivity contribution in [3.05, 3.63) is 84.3 Å². The lowest BCUT2D eigenvalue weighted by molar-refractivity contribution is 0.111. The molecule has 6 nitrogen and oxygen atoms in total. The number of aryl methyl sites for hydroxylation is 1. The third-order valence-electron chi connectivity index (χ3n) is 5.45. The molecule has 0 N–H and O–H groups in total. The van der Waals surface area contributed by atoms with Gasteiger partial charge in [-0.05, 0) is 48.4 Å². The van der Waals surface area contributed by atoms with Gasteiger partial charge in [-0.3, -0.25) is 9.88 Å². The fraction of sp³-hybridized carbons (Fsp3) is 0.320. The van der Waals surface area contributed by atoms with E-state index >= 15 is 0 Å². The second kappa shape index (κ2) is 11.6. The van der Waals surface area contributed by atoms with Crippen LogP contribution < -0.4 is 4.74 Å². The lowest BCUT2D eigenvalue weighted by atomic mass is 10.2. The van der Waals surface area contributed by atoms with Gasteiger partial charge < -0.3 is 9.64 Å². The zero-order valence-electron chi connectivity index (χ0n) is 18.1. The van der Waals surface area contributed by atoms with Gasteiger partial charge in [-0.2, -0.15) is 0 Å². The Balaban J connectivity index is 1.16. The molecule has 0 spiro atoms. The number of amides is 1. The van der Waals surface area contributed by atoms with Crippen LogP contribution in [0.15, 0.2) is 78.1 Å². The van der Waals surface area contributed by atoms with Crippen LogP contribution >= 0.6 is 11.8 Å². The Morgan fingerprint density at radius 1 is 0.875 bits per heavy atom. The average Bonchev–Trinajstić information content (AvgIpc) is 2.85. The molecule has 7 heteroatoms. The molecule has 0 radical (unpaired) electrons. The number of carbonyl (C=O) groups excluding carboxylic acids is 1. The van der Waals surface area contributed by atoms with Crippen molar-refractivity contribution in [2.75, 3.05) is 38.5 Å². The summed E-state index contributed by atoms with van der Waals surface area (Å²) in [5, 5.41) is 1.04. The van der Waals surface area contributed by atoms with Gasteiger partial charge in [0, 0.05) is 63.0 Å². The Labute approximate surface area is 193 Å². The van der Waals surface area contributed by atoms with Gasteiger partial charge in [0.1, 0.15) is 5.75 Å². The Kier molecular flexibility index (Phi) is 8.11. The monoisotopic (exact) mass is 448 g/mol. The van der Waals surface area contributed by atoms with Crippen LogP contribution in [0.5, 0.6) is 5.75 Å². The molecule has 1 amide bonds. The first-order chi connectivity index (χ1) is 15.8. The highest BCUT2D eigenvalue weighted by Gasteiger charge is 2.22. The highest BCUT2D eigenvalue weighted by Crippen LogP contribution is 2.18. The zero-order chi connectivity index (χ0) is 22.0. The summed E-state index contributed by atoms with van der Waals surface area (Å²) >= 11 is 1.74. The largest absolute Gasteiger partial charge is 0.415 e. The molecule has 3 heterocycles. The van der Waals surface area contributed by atoms with Crippen LogP contribution in [-0.2, 0) is 12.8 Å². The molecule has 1 fully saturated rings. The van der Waals surface area contributed by atoms with E-state index in [0.717, 1.165) is 48.9 Å². The second-order valence-electron chi connectivity index (χ2n) is 7.68. The molecular formula is C25H28N4O2S. The first-order valence-corrected chi connectivity index (χ1v) is 12.0. The van der Waals surface area contributed by atoms with Gasteiger partial charge in [-0.25, -0.2) is 9.78 Å². The predicted octanol–water partition coefficient (Wildman–Crippen LogP) is 4.17. The fourth-order valence-electron chi connectivity index (χ4n) is 3.57. The van der Waals surface area contributed by atoms with Gasteiger partial charge in [0.25, 0.3) is 0 Å². The van der Waals surface area contributed by atoms with Crippen LogP contribution in [0.1, 0.15) is 11.3 Å². The van der Waals surface area contributed by atoms with E-state index in [9.17, 15) is 4.79 Å². The molecule has 3 aromatic rings. The number of hydrogen-bond acceptors (Lipinski definition) is 6.